The molecule has 0 amide bonds. The lowest BCUT2D eigenvalue weighted by Gasteiger charge is -2.19. The zero-order valence-corrected chi connectivity index (χ0v) is 12.6. The van der Waals surface area contributed by atoms with E-state index in [2.05, 4.69) is 45.1 Å². The van der Waals surface area contributed by atoms with Gasteiger partial charge in [-0.15, -0.1) is 0 Å². The number of rotatable bonds is 5. The normalized spacial score (nSPS) is 19.2. The van der Waals surface area contributed by atoms with Crippen LogP contribution in [-0.2, 0) is 13.0 Å². The number of nitrogens with one attached hydrogen (secondary N) is 1. The quantitative estimate of drug-likeness (QED) is 0.885. The van der Waals surface area contributed by atoms with E-state index in [1.54, 1.807) is 7.11 Å². The zero-order valence-electron chi connectivity index (χ0n) is 12.6. The second kappa shape index (κ2) is 5.83. The van der Waals surface area contributed by atoms with E-state index in [4.69, 9.17) is 9.47 Å². The molecule has 2 rings (SSSR count). The van der Waals surface area contributed by atoms with E-state index in [-0.39, 0.29) is 6.10 Å². The molecule has 0 fully saturated rings. The first-order valence-corrected chi connectivity index (χ1v) is 7.11. The summed E-state index contributed by atoms with van der Waals surface area (Å²) in [5.74, 6) is 2.60. The summed E-state index contributed by atoms with van der Waals surface area (Å²) in [7, 11) is 1.73. The van der Waals surface area contributed by atoms with E-state index < -0.39 is 0 Å². The van der Waals surface area contributed by atoms with Gasteiger partial charge in [0.15, 0.2) is 0 Å². The Labute approximate surface area is 116 Å². The summed E-state index contributed by atoms with van der Waals surface area (Å²) in [5.41, 5.74) is 2.42. The van der Waals surface area contributed by atoms with Gasteiger partial charge in [-0.2, -0.15) is 0 Å². The van der Waals surface area contributed by atoms with Crippen molar-refractivity contribution < 1.29 is 9.47 Å². The highest BCUT2D eigenvalue weighted by atomic mass is 16.5. The van der Waals surface area contributed by atoms with Crippen LogP contribution in [0.25, 0.3) is 0 Å². The Balaban J connectivity index is 2.14. The summed E-state index contributed by atoms with van der Waals surface area (Å²) in [5, 5.41) is 3.54. The first-order valence-electron chi connectivity index (χ1n) is 7.11. The Kier molecular flexibility index (Phi) is 4.35. The first kappa shape index (κ1) is 14.2. The maximum Gasteiger partial charge on any atom is 0.123 e. The van der Waals surface area contributed by atoms with Crippen molar-refractivity contribution in [3.63, 3.8) is 0 Å². The molecule has 1 heterocycles. The molecule has 1 aliphatic rings. The summed E-state index contributed by atoms with van der Waals surface area (Å²) in [6.07, 6.45) is 1.25. The van der Waals surface area contributed by atoms with Gasteiger partial charge in [-0.3, -0.25) is 0 Å². The van der Waals surface area contributed by atoms with Crippen molar-refractivity contribution in [1.29, 1.82) is 0 Å². The molecule has 1 aromatic carbocycles. The molecule has 1 aliphatic heterocycles. The molecule has 3 heteroatoms. The average molecular weight is 263 g/mol. The van der Waals surface area contributed by atoms with Crippen LogP contribution in [-0.4, -0.2) is 19.3 Å². The zero-order chi connectivity index (χ0) is 14.0. The maximum atomic E-state index is 5.82. The maximum absolute atomic E-state index is 5.82. The summed E-state index contributed by atoms with van der Waals surface area (Å²) in [6, 6.07) is 4.73. The van der Waals surface area contributed by atoms with Gasteiger partial charge >= 0.3 is 0 Å². The fraction of sp³-hybridized carbons (Fsp3) is 0.625. The van der Waals surface area contributed by atoms with Gasteiger partial charge < -0.3 is 14.8 Å². The summed E-state index contributed by atoms with van der Waals surface area (Å²) in [4.78, 5) is 0. The fourth-order valence-electron chi connectivity index (χ4n) is 2.32. The monoisotopic (exact) mass is 263 g/mol. The molecule has 0 aromatic heterocycles. The predicted molar refractivity (Wildman–Crippen MR) is 77.9 cm³/mol. The third kappa shape index (κ3) is 3.21. The Hall–Kier alpha value is -1.22. The van der Waals surface area contributed by atoms with Crippen LogP contribution in [0.1, 0.15) is 38.8 Å². The van der Waals surface area contributed by atoms with E-state index in [0.29, 0.717) is 12.0 Å². The van der Waals surface area contributed by atoms with Crippen molar-refractivity contribution in [2.45, 2.75) is 52.8 Å². The van der Waals surface area contributed by atoms with Crippen LogP contribution in [0, 0.1) is 5.92 Å². The lowest BCUT2D eigenvalue weighted by molar-refractivity contribution is 0.254. The third-order valence-corrected chi connectivity index (χ3v) is 3.91. The lowest BCUT2D eigenvalue weighted by Crippen LogP contribution is -2.30. The smallest absolute Gasteiger partial charge is 0.123 e. The highest BCUT2D eigenvalue weighted by Crippen LogP contribution is 2.34. The van der Waals surface area contributed by atoms with Crippen LogP contribution < -0.4 is 14.8 Å². The van der Waals surface area contributed by atoms with Crippen LogP contribution in [0.2, 0.25) is 0 Å². The lowest BCUT2D eigenvalue weighted by atomic mass is 10.0. The molecule has 2 atom stereocenters. The molecule has 3 nitrogen and oxygen atoms in total. The molecule has 0 saturated heterocycles. The molecule has 0 saturated carbocycles. The number of methoxy groups -OCH3 is 1. The van der Waals surface area contributed by atoms with Crippen molar-refractivity contribution >= 4 is 0 Å². The highest BCUT2D eigenvalue weighted by molar-refractivity contribution is 5.48. The van der Waals surface area contributed by atoms with E-state index in [1.807, 2.05) is 0 Å². The van der Waals surface area contributed by atoms with E-state index in [9.17, 15) is 0 Å². The van der Waals surface area contributed by atoms with Crippen LogP contribution in [0.5, 0.6) is 11.5 Å². The number of fused-ring (bicyclic) bond motifs is 1. The van der Waals surface area contributed by atoms with E-state index in [1.165, 1.54) is 11.1 Å². The minimum absolute atomic E-state index is 0.275. The molecule has 0 aliphatic carbocycles. The Morgan fingerprint density at radius 3 is 2.74 bits per heavy atom. The first-order chi connectivity index (χ1) is 9.01. The van der Waals surface area contributed by atoms with Gasteiger partial charge in [0.05, 0.1) is 7.11 Å². The molecule has 0 bridgehead atoms. The van der Waals surface area contributed by atoms with Gasteiger partial charge in [-0.25, -0.2) is 0 Å². The third-order valence-electron chi connectivity index (χ3n) is 3.91. The van der Waals surface area contributed by atoms with Crippen LogP contribution in [0.3, 0.4) is 0 Å². The van der Waals surface area contributed by atoms with Crippen LogP contribution >= 0.6 is 0 Å². The summed E-state index contributed by atoms with van der Waals surface area (Å²) in [6.45, 7) is 9.58. The van der Waals surface area contributed by atoms with Crippen LogP contribution in [0.4, 0.5) is 0 Å². The van der Waals surface area contributed by atoms with Crippen LogP contribution in [0.15, 0.2) is 12.1 Å². The van der Waals surface area contributed by atoms with Gasteiger partial charge in [-0.1, -0.05) is 13.8 Å². The molecule has 2 unspecified atom stereocenters. The Morgan fingerprint density at radius 1 is 1.37 bits per heavy atom. The van der Waals surface area contributed by atoms with Gasteiger partial charge in [-0.05, 0) is 31.9 Å². The minimum atomic E-state index is 0.275. The molecule has 1 aromatic rings. The second-order valence-corrected chi connectivity index (χ2v) is 5.82. The predicted octanol–water partition coefficient (Wildman–Crippen LogP) is 3.15. The number of hydrogen-bond donors (Lipinski definition) is 1. The molecule has 19 heavy (non-hydrogen) atoms. The van der Waals surface area contributed by atoms with E-state index in [0.717, 1.165) is 24.5 Å². The largest absolute Gasteiger partial charge is 0.496 e. The molecule has 0 spiro atoms. The minimum Gasteiger partial charge on any atom is -0.496 e. The van der Waals surface area contributed by atoms with Crippen molar-refractivity contribution in [3.8, 4) is 11.5 Å². The Bertz CT molecular complexity index is 443. The number of ether oxygens (including phenoxy) is 2. The second-order valence-electron chi connectivity index (χ2n) is 5.82. The van der Waals surface area contributed by atoms with Gasteiger partial charge in [0.2, 0.25) is 0 Å². The highest BCUT2D eigenvalue weighted by Gasteiger charge is 2.21. The topological polar surface area (TPSA) is 30.5 Å². The number of hydrogen-bond acceptors (Lipinski definition) is 3. The van der Waals surface area contributed by atoms with Crippen molar-refractivity contribution in [2.24, 2.45) is 5.92 Å². The van der Waals surface area contributed by atoms with E-state index >= 15 is 0 Å². The molecule has 0 radical (unpaired) electrons. The van der Waals surface area contributed by atoms with Crippen molar-refractivity contribution in [1.82, 2.24) is 5.32 Å². The molecular formula is C16H25NO2. The summed E-state index contributed by atoms with van der Waals surface area (Å²) < 4.78 is 11.3. The van der Waals surface area contributed by atoms with Crippen molar-refractivity contribution in [2.75, 3.05) is 7.11 Å². The molecule has 106 valence electrons. The SMILES string of the molecule is COc1cc2c(cc1CNC(C)C(C)C)OC(C)C2. The van der Waals surface area contributed by atoms with Gasteiger partial charge in [0, 0.05) is 30.1 Å². The average Bonchev–Trinajstić information content (AvgIpc) is 2.73. The molecule has 1 N–H and O–H groups in total. The summed E-state index contributed by atoms with van der Waals surface area (Å²) >= 11 is 0. The fourth-order valence-corrected chi connectivity index (χ4v) is 2.32. The van der Waals surface area contributed by atoms with Gasteiger partial charge in [0.25, 0.3) is 0 Å². The van der Waals surface area contributed by atoms with Gasteiger partial charge in [0.1, 0.15) is 17.6 Å². The Morgan fingerprint density at radius 2 is 2.11 bits per heavy atom. The molecular weight excluding hydrogens is 238 g/mol. The number of benzene rings is 1. The standard InChI is InChI=1S/C16H25NO2/c1-10(2)12(4)17-9-14-8-16-13(6-11(3)19-16)7-15(14)18-5/h7-8,10-12,17H,6,9H2,1-5H3. The van der Waals surface area contributed by atoms with Crippen molar-refractivity contribution in [3.05, 3.63) is 23.3 Å².